The summed E-state index contributed by atoms with van der Waals surface area (Å²) in [6.45, 7) is 0.231. The van der Waals surface area contributed by atoms with E-state index in [4.69, 9.17) is 0 Å². The van der Waals surface area contributed by atoms with Gasteiger partial charge in [0, 0.05) is 41.0 Å². The minimum absolute atomic E-state index is 0.231. The fraction of sp³-hybridized carbons (Fsp3) is 0.875. The first-order valence-corrected chi connectivity index (χ1v) is 8.06. The summed E-state index contributed by atoms with van der Waals surface area (Å²) in [4.78, 5) is 0. The lowest BCUT2D eigenvalue weighted by molar-refractivity contribution is 0.504. The highest BCUT2D eigenvalue weighted by Gasteiger charge is 2.11. The number of unbranched alkanes of at least 4 members (excludes halogenated alkanes) is 1. The Labute approximate surface area is 109 Å². The molecule has 0 radical (unpaired) electrons. The number of hydrogen-bond donors (Lipinski definition) is 1. The summed E-state index contributed by atoms with van der Waals surface area (Å²) in [7, 11) is -1.36. The standard InChI is InChI=1S/C8H20N4O4S2/c1-11(2)17(13,14)9-7-5-6-8-10-18(15,16)12(3)4/h7,10H,5-6,8H2,1-4H3. The second kappa shape index (κ2) is 7.14. The molecule has 0 spiro atoms. The number of nitrogens with one attached hydrogen (secondary N) is 1. The number of nitrogens with zero attached hydrogens (tertiary/aromatic N) is 3. The molecule has 0 unspecified atom stereocenters. The van der Waals surface area contributed by atoms with Gasteiger partial charge in [0.15, 0.2) is 0 Å². The average molecular weight is 300 g/mol. The van der Waals surface area contributed by atoms with Crippen LogP contribution in [-0.2, 0) is 20.4 Å². The van der Waals surface area contributed by atoms with Gasteiger partial charge in [0.1, 0.15) is 0 Å². The lowest BCUT2D eigenvalue weighted by atomic mass is 10.3. The van der Waals surface area contributed by atoms with E-state index in [1.807, 2.05) is 0 Å². The number of rotatable bonds is 8. The van der Waals surface area contributed by atoms with Gasteiger partial charge in [-0.05, 0) is 12.8 Å². The van der Waals surface area contributed by atoms with Crippen LogP contribution in [0.1, 0.15) is 12.8 Å². The van der Waals surface area contributed by atoms with Crippen molar-refractivity contribution >= 4 is 26.6 Å². The predicted octanol–water partition coefficient (Wildman–Crippen LogP) is -0.960. The van der Waals surface area contributed by atoms with Crippen LogP contribution in [0.15, 0.2) is 4.40 Å². The Balaban J connectivity index is 4.01. The third-order valence-electron chi connectivity index (χ3n) is 1.94. The second-order valence-electron chi connectivity index (χ2n) is 3.87. The third-order valence-corrected chi connectivity index (χ3v) is 4.81. The highest BCUT2D eigenvalue weighted by atomic mass is 32.2. The third kappa shape index (κ3) is 6.40. The Morgan fingerprint density at radius 2 is 1.61 bits per heavy atom. The molecule has 10 heteroatoms. The zero-order chi connectivity index (χ0) is 14.4. The van der Waals surface area contributed by atoms with Crippen molar-refractivity contribution in [3.05, 3.63) is 0 Å². The van der Waals surface area contributed by atoms with Crippen molar-refractivity contribution in [1.82, 2.24) is 13.3 Å². The lowest BCUT2D eigenvalue weighted by Gasteiger charge is -2.11. The summed E-state index contributed by atoms with van der Waals surface area (Å²) >= 11 is 0. The Morgan fingerprint density at radius 1 is 1.06 bits per heavy atom. The van der Waals surface area contributed by atoms with Crippen molar-refractivity contribution in [3.63, 3.8) is 0 Å². The molecule has 0 heterocycles. The molecule has 0 aliphatic carbocycles. The maximum Gasteiger partial charge on any atom is 0.321 e. The molecule has 0 atom stereocenters. The summed E-state index contributed by atoms with van der Waals surface area (Å²) in [6.07, 6.45) is 2.11. The van der Waals surface area contributed by atoms with E-state index < -0.39 is 20.4 Å². The van der Waals surface area contributed by atoms with Crippen LogP contribution < -0.4 is 4.72 Å². The summed E-state index contributed by atoms with van der Waals surface area (Å²) in [6, 6.07) is 0. The normalized spacial score (nSPS) is 13.9. The summed E-state index contributed by atoms with van der Waals surface area (Å²) in [5.41, 5.74) is 0. The maximum absolute atomic E-state index is 11.3. The minimum Gasteiger partial charge on any atom is -0.202 e. The Bertz CT molecular complexity index is 467. The van der Waals surface area contributed by atoms with Crippen molar-refractivity contribution in [2.24, 2.45) is 4.40 Å². The molecule has 0 aliphatic heterocycles. The van der Waals surface area contributed by atoms with E-state index in [0.29, 0.717) is 12.8 Å². The van der Waals surface area contributed by atoms with E-state index in [1.165, 1.54) is 34.4 Å². The zero-order valence-electron chi connectivity index (χ0n) is 11.0. The van der Waals surface area contributed by atoms with Crippen LogP contribution in [0.5, 0.6) is 0 Å². The largest absolute Gasteiger partial charge is 0.321 e. The molecule has 0 saturated carbocycles. The van der Waals surface area contributed by atoms with Crippen LogP contribution in [0.4, 0.5) is 0 Å². The molecule has 0 amide bonds. The maximum atomic E-state index is 11.3. The summed E-state index contributed by atoms with van der Waals surface area (Å²) in [5, 5.41) is 0. The van der Waals surface area contributed by atoms with Crippen molar-refractivity contribution in [2.45, 2.75) is 12.8 Å². The molecule has 0 rings (SSSR count). The van der Waals surface area contributed by atoms with Crippen LogP contribution >= 0.6 is 0 Å². The van der Waals surface area contributed by atoms with Gasteiger partial charge in [-0.15, -0.1) is 0 Å². The van der Waals surface area contributed by atoms with Crippen LogP contribution in [0.3, 0.4) is 0 Å². The second-order valence-corrected chi connectivity index (χ2v) is 7.68. The average Bonchev–Trinajstić information content (AvgIpc) is 2.22. The molecule has 8 nitrogen and oxygen atoms in total. The topological polar surface area (TPSA) is 99.1 Å². The monoisotopic (exact) mass is 300 g/mol. The van der Waals surface area contributed by atoms with Crippen molar-refractivity contribution in [1.29, 1.82) is 0 Å². The van der Waals surface area contributed by atoms with Gasteiger partial charge in [-0.1, -0.05) is 0 Å². The molecule has 18 heavy (non-hydrogen) atoms. The van der Waals surface area contributed by atoms with Crippen LogP contribution in [0, 0.1) is 0 Å². The SMILES string of the molecule is CN(C)S(=O)(=O)N=CCCCNS(=O)(=O)N(C)C. The zero-order valence-corrected chi connectivity index (χ0v) is 12.6. The molecule has 0 fully saturated rings. The molecule has 0 bridgehead atoms. The Morgan fingerprint density at radius 3 is 2.06 bits per heavy atom. The molecule has 108 valence electrons. The summed E-state index contributed by atoms with van der Waals surface area (Å²) < 4.78 is 52.9. The molecule has 0 aromatic carbocycles. The minimum atomic E-state index is -3.57. The van der Waals surface area contributed by atoms with Gasteiger partial charge in [-0.2, -0.15) is 29.8 Å². The highest BCUT2D eigenvalue weighted by molar-refractivity contribution is 7.87. The molecule has 1 N–H and O–H groups in total. The molecule has 0 aromatic rings. The lowest BCUT2D eigenvalue weighted by Crippen LogP contribution is -2.36. The van der Waals surface area contributed by atoms with Gasteiger partial charge in [0.2, 0.25) is 0 Å². The van der Waals surface area contributed by atoms with Crippen molar-refractivity contribution in [3.8, 4) is 0 Å². The first-order chi connectivity index (χ1) is 8.09. The molecular weight excluding hydrogens is 280 g/mol. The van der Waals surface area contributed by atoms with Gasteiger partial charge < -0.3 is 0 Å². The van der Waals surface area contributed by atoms with E-state index in [2.05, 4.69) is 9.12 Å². The number of hydrogen-bond acceptors (Lipinski definition) is 4. The fourth-order valence-corrected chi connectivity index (χ4v) is 1.91. The van der Waals surface area contributed by atoms with E-state index in [0.717, 1.165) is 8.61 Å². The van der Waals surface area contributed by atoms with Gasteiger partial charge >= 0.3 is 10.2 Å². The fourth-order valence-electron chi connectivity index (χ4n) is 0.765. The van der Waals surface area contributed by atoms with Crippen molar-refractivity contribution < 1.29 is 16.8 Å². The first kappa shape index (κ1) is 17.4. The highest BCUT2D eigenvalue weighted by Crippen LogP contribution is 1.96. The smallest absolute Gasteiger partial charge is 0.202 e. The molecule has 0 saturated heterocycles. The van der Waals surface area contributed by atoms with Gasteiger partial charge in [-0.25, -0.2) is 4.72 Å². The quantitative estimate of drug-likeness (QED) is 0.461. The van der Waals surface area contributed by atoms with Crippen molar-refractivity contribution in [2.75, 3.05) is 34.7 Å². The van der Waals surface area contributed by atoms with E-state index >= 15 is 0 Å². The Kier molecular flexibility index (Phi) is 6.92. The summed E-state index contributed by atoms with van der Waals surface area (Å²) in [5.74, 6) is 0. The van der Waals surface area contributed by atoms with Gasteiger partial charge in [0.25, 0.3) is 10.2 Å². The van der Waals surface area contributed by atoms with Gasteiger partial charge in [-0.3, -0.25) is 0 Å². The first-order valence-electron chi connectivity index (χ1n) is 5.23. The van der Waals surface area contributed by atoms with Crippen LogP contribution in [-0.4, -0.2) is 66.4 Å². The van der Waals surface area contributed by atoms with E-state index in [-0.39, 0.29) is 6.54 Å². The van der Waals surface area contributed by atoms with Gasteiger partial charge in [0.05, 0.1) is 0 Å². The molecule has 0 aliphatic rings. The predicted molar refractivity (Wildman–Crippen MR) is 70.9 cm³/mol. The Hall–Kier alpha value is -0.550. The van der Waals surface area contributed by atoms with Crippen LogP contribution in [0.2, 0.25) is 0 Å². The van der Waals surface area contributed by atoms with E-state index in [9.17, 15) is 16.8 Å². The molecular formula is C8H20N4O4S2. The van der Waals surface area contributed by atoms with Crippen LogP contribution in [0.25, 0.3) is 0 Å². The molecule has 0 aromatic heterocycles. The van der Waals surface area contributed by atoms with E-state index in [1.54, 1.807) is 0 Å².